The molecule has 0 aliphatic heterocycles. The first-order chi connectivity index (χ1) is 7.15. The molecule has 0 rings (SSSR count). The summed E-state index contributed by atoms with van der Waals surface area (Å²) in [6.45, 7) is 4.58. The van der Waals surface area contributed by atoms with E-state index in [1.54, 1.807) is 0 Å². The number of unbranched alkanes of at least 4 members (excludes halogenated alkanes) is 2. The number of likely N-dealkylation sites (N-methyl/N-ethyl adjacent to an activating group) is 1. The zero-order valence-electron chi connectivity index (χ0n) is 9.91. The van der Waals surface area contributed by atoms with Gasteiger partial charge in [0.15, 0.2) is 0 Å². The van der Waals surface area contributed by atoms with Crippen LogP contribution in [0.25, 0.3) is 0 Å². The van der Waals surface area contributed by atoms with Crippen LogP contribution in [0.1, 0.15) is 39.5 Å². The van der Waals surface area contributed by atoms with Gasteiger partial charge in [-0.05, 0) is 13.3 Å². The fourth-order valence-corrected chi connectivity index (χ4v) is 1.28. The monoisotopic (exact) mass is 215 g/mol. The molecule has 1 amide bonds. The average Bonchev–Trinajstić information content (AvgIpc) is 2.25. The van der Waals surface area contributed by atoms with E-state index in [0.29, 0.717) is 13.0 Å². The number of hydrogen-bond acceptors (Lipinski definition) is 3. The van der Waals surface area contributed by atoms with E-state index in [4.69, 9.17) is 0 Å². The van der Waals surface area contributed by atoms with Crippen molar-refractivity contribution in [2.24, 2.45) is 0 Å². The van der Waals surface area contributed by atoms with Gasteiger partial charge < -0.3 is 9.64 Å². The van der Waals surface area contributed by atoms with Crippen molar-refractivity contribution < 1.29 is 14.3 Å². The number of carbonyl (C=O) groups is 2. The van der Waals surface area contributed by atoms with Crippen LogP contribution in [0, 0.1) is 0 Å². The maximum atomic E-state index is 11.6. The van der Waals surface area contributed by atoms with Crippen molar-refractivity contribution in [3.05, 3.63) is 0 Å². The first-order valence-electron chi connectivity index (χ1n) is 5.50. The molecule has 0 saturated carbocycles. The van der Waals surface area contributed by atoms with Crippen LogP contribution < -0.4 is 0 Å². The summed E-state index contributed by atoms with van der Waals surface area (Å²) in [4.78, 5) is 24.1. The largest absolute Gasteiger partial charge is 0.468 e. The molecule has 0 unspecified atom stereocenters. The molecule has 0 aromatic rings. The predicted molar refractivity (Wildman–Crippen MR) is 58.4 cm³/mol. The van der Waals surface area contributed by atoms with E-state index < -0.39 is 0 Å². The lowest BCUT2D eigenvalue weighted by Gasteiger charge is -2.19. The molecule has 0 atom stereocenters. The quantitative estimate of drug-likeness (QED) is 0.478. The number of hydrogen-bond donors (Lipinski definition) is 0. The second-order valence-corrected chi connectivity index (χ2v) is 3.44. The smallest absolute Gasteiger partial charge is 0.325 e. The lowest BCUT2D eigenvalue weighted by Crippen LogP contribution is -2.35. The molecule has 0 N–H and O–H groups in total. The van der Waals surface area contributed by atoms with Crippen LogP contribution in [0.4, 0.5) is 0 Å². The van der Waals surface area contributed by atoms with Gasteiger partial charge in [0.25, 0.3) is 0 Å². The zero-order chi connectivity index (χ0) is 11.7. The molecule has 4 nitrogen and oxygen atoms in total. The van der Waals surface area contributed by atoms with Crippen molar-refractivity contribution in [3.8, 4) is 0 Å². The summed E-state index contributed by atoms with van der Waals surface area (Å²) >= 11 is 0. The van der Waals surface area contributed by atoms with Crippen molar-refractivity contribution in [1.82, 2.24) is 4.90 Å². The van der Waals surface area contributed by atoms with E-state index in [-0.39, 0.29) is 18.4 Å². The van der Waals surface area contributed by atoms with Crippen LogP contribution >= 0.6 is 0 Å². The Morgan fingerprint density at radius 2 is 1.87 bits per heavy atom. The SMILES string of the molecule is CCCCCC(=O)N(CC)CC(=O)OC. The summed E-state index contributed by atoms with van der Waals surface area (Å²) in [5.41, 5.74) is 0. The van der Waals surface area contributed by atoms with Gasteiger partial charge in [0.05, 0.1) is 7.11 Å². The van der Waals surface area contributed by atoms with Crippen molar-refractivity contribution in [3.63, 3.8) is 0 Å². The molecule has 0 bridgehead atoms. The van der Waals surface area contributed by atoms with E-state index in [1.165, 1.54) is 12.0 Å². The Kier molecular flexibility index (Phi) is 7.68. The maximum Gasteiger partial charge on any atom is 0.325 e. The minimum atomic E-state index is -0.360. The van der Waals surface area contributed by atoms with Gasteiger partial charge in [-0.3, -0.25) is 9.59 Å². The van der Waals surface area contributed by atoms with Crippen LogP contribution in [0.3, 0.4) is 0 Å². The summed E-state index contributed by atoms with van der Waals surface area (Å²) in [5, 5.41) is 0. The van der Waals surface area contributed by atoms with Gasteiger partial charge in [-0.25, -0.2) is 0 Å². The van der Waals surface area contributed by atoms with E-state index in [1.807, 2.05) is 6.92 Å². The third kappa shape index (κ3) is 6.10. The second kappa shape index (κ2) is 8.26. The lowest BCUT2D eigenvalue weighted by atomic mass is 10.2. The number of rotatable bonds is 7. The van der Waals surface area contributed by atoms with Gasteiger partial charge in [-0.2, -0.15) is 0 Å². The fourth-order valence-electron chi connectivity index (χ4n) is 1.28. The Morgan fingerprint density at radius 1 is 1.20 bits per heavy atom. The molecular formula is C11H21NO3. The average molecular weight is 215 g/mol. The first-order valence-corrected chi connectivity index (χ1v) is 5.50. The molecule has 0 aromatic heterocycles. The summed E-state index contributed by atoms with van der Waals surface area (Å²) in [6, 6.07) is 0. The fraction of sp³-hybridized carbons (Fsp3) is 0.818. The predicted octanol–water partition coefficient (Wildman–Crippen LogP) is 1.59. The molecular weight excluding hydrogens is 194 g/mol. The second-order valence-electron chi connectivity index (χ2n) is 3.44. The van der Waals surface area contributed by atoms with E-state index in [9.17, 15) is 9.59 Å². The van der Waals surface area contributed by atoms with Crippen molar-refractivity contribution in [2.75, 3.05) is 20.2 Å². The van der Waals surface area contributed by atoms with Gasteiger partial charge in [0, 0.05) is 13.0 Å². The molecule has 0 fully saturated rings. The van der Waals surface area contributed by atoms with Gasteiger partial charge in [-0.15, -0.1) is 0 Å². The first kappa shape index (κ1) is 13.9. The topological polar surface area (TPSA) is 46.6 Å². The number of carbonyl (C=O) groups excluding carboxylic acids is 2. The molecule has 0 heterocycles. The summed E-state index contributed by atoms with van der Waals surface area (Å²) in [6.07, 6.45) is 3.57. The van der Waals surface area contributed by atoms with Crippen LogP contribution in [-0.4, -0.2) is 37.0 Å². The van der Waals surface area contributed by atoms with E-state index in [2.05, 4.69) is 11.7 Å². The summed E-state index contributed by atoms with van der Waals surface area (Å²) in [5.74, 6) is -0.322. The molecule has 15 heavy (non-hydrogen) atoms. The van der Waals surface area contributed by atoms with Crippen molar-refractivity contribution in [2.45, 2.75) is 39.5 Å². The Bertz CT molecular complexity index is 204. The van der Waals surface area contributed by atoms with Gasteiger partial charge >= 0.3 is 5.97 Å². The lowest BCUT2D eigenvalue weighted by molar-refractivity contribution is -0.146. The number of nitrogens with zero attached hydrogens (tertiary/aromatic N) is 1. The molecule has 0 aliphatic carbocycles. The van der Waals surface area contributed by atoms with Gasteiger partial charge in [-0.1, -0.05) is 19.8 Å². The van der Waals surface area contributed by atoms with E-state index in [0.717, 1.165) is 19.3 Å². The Balaban J connectivity index is 3.93. The molecule has 4 heteroatoms. The Hall–Kier alpha value is -1.06. The third-order valence-corrected chi connectivity index (χ3v) is 2.28. The Morgan fingerprint density at radius 3 is 2.33 bits per heavy atom. The minimum absolute atomic E-state index is 0.0383. The maximum absolute atomic E-state index is 11.6. The number of esters is 1. The normalized spacial score (nSPS) is 9.80. The van der Waals surface area contributed by atoms with Crippen LogP contribution in [0.5, 0.6) is 0 Å². The highest BCUT2D eigenvalue weighted by molar-refractivity contribution is 5.81. The zero-order valence-corrected chi connectivity index (χ0v) is 9.91. The highest BCUT2D eigenvalue weighted by Crippen LogP contribution is 2.03. The number of methoxy groups -OCH3 is 1. The molecule has 0 radical (unpaired) electrons. The summed E-state index contributed by atoms with van der Waals surface area (Å²) in [7, 11) is 1.33. The molecule has 0 saturated heterocycles. The Labute approximate surface area is 91.6 Å². The highest BCUT2D eigenvalue weighted by Gasteiger charge is 2.14. The van der Waals surface area contributed by atoms with Crippen molar-refractivity contribution in [1.29, 1.82) is 0 Å². The van der Waals surface area contributed by atoms with Crippen LogP contribution in [0.15, 0.2) is 0 Å². The highest BCUT2D eigenvalue weighted by atomic mass is 16.5. The van der Waals surface area contributed by atoms with Crippen LogP contribution in [-0.2, 0) is 14.3 Å². The van der Waals surface area contributed by atoms with Gasteiger partial charge in [0.2, 0.25) is 5.91 Å². The third-order valence-electron chi connectivity index (χ3n) is 2.28. The molecule has 0 aromatic carbocycles. The summed E-state index contributed by atoms with van der Waals surface area (Å²) < 4.78 is 4.53. The molecule has 0 aliphatic rings. The van der Waals surface area contributed by atoms with E-state index >= 15 is 0 Å². The molecule has 88 valence electrons. The standard InChI is InChI=1S/C11H21NO3/c1-4-6-7-8-10(13)12(5-2)9-11(14)15-3/h4-9H2,1-3H3. The minimum Gasteiger partial charge on any atom is -0.468 e. The number of ether oxygens (including phenoxy) is 1. The van der Waals surface area contributed by atoms with Gasteiger partial charge in [0.1, 0.15) is 6.54 Å². The van der Waals surface area contributed by atoms with Crippen molar-refractivity contribution >= 4 is 11.9 Å². The van der Waals surface area contributed by atoms with Crippen LogP contribution in [0.2, 0.25) is 0 Å². The number of amides is 1. The molecule has 0 spiro atoms.